The Labute approximate surface area is 224 Å². The van der Waals surface area contributed by atoms with Gasteiger partial charge in [0, 0.05) is 30.5 Å². The van der Waals surface area contributed by atoms with Gasteiger partial charge < -0.3 is 5.32 Å². The van der Waals surface area contributed by atoms with Gasteiger partial charge >= 0.3 is 12.4 Å². The smallest absolute Gasteiger partial charge is 0.351 e. The second kappa shape index (κ2) is 10.8. The first kappa shape index (κ1) is 29.4. The van der Waals surface area contributed by atoms with Crippen LogP contribution in [0.3, 0.4) is 0 Å². The summed E-state index contributed by atoms with van der Waals surface area (Å²) in [7, 11) is -4.24. The van der Waals surface area contributed by atoms with E-state index in [1.165, 1.54) is 0 Å². The molecule has 2 atom stereocenters. The van der Waals surface area contributed by atoms with Crippen LogP contribution in [0.1, 0.15) is 36.6 Å². The third kappa shape index (κ3) is 6.09. The van der Waals surface area contributed by atoms with Crippen LogP contribution in [0, 0.1) is 5.82 Å². The van der Waals surface area contributed by atoms with Crippen LogP contribution >= 0.6 is 0 Å². The molecule has 7 nitrogen and oxygen atoms in total. The van der Waals surface area contributed by atoms with Crippen molar-refractivity contribution in [2.75, 3.05) is 0 Å². The van der Waals surface area contributed by atoms with Crippen molar-refractivity contribution in [3.8, 4) is 11.3 Å². The molecule has 2 aromatic heterocycles. The van der Waals surface area contributed by atoms with Gasteiger partial charge in [-0.1, -0.05) is 0 Å². The summed E-state index contributed by atoms with van der Waals surface area (Å²) >= 11 is 0. The van der Waals surface area contributed by atoms with E-state index in [0.29, 0.717) is 18.7 Å². The van der Waals surface area contributed by atoms with E-state index < -0.39 is 69.5 Å². The maximum absolute atomic E-state index is 13.7. The molecule has 0 spiro atoms. The normalized spacial score (nSPS) is 18.6. The number of sulfonamides is 1. The lowest BCUT2D eigenvalue weighted by molar-refractivity contribution is -0.141. The molecular weight excluding hydrogens is 569 g/mol. The van der Waals surface area contributed by atoms with E-state index in [-0.39, 0.29) is 22.6 Å². The number of benzene rings is 1. The van der Waals surface area contributed by atoms with E-state index in [1.54, 1.807) is 6.92 Å². The van der Waals surface area contributed by atoms with E-state index in [2.05, 4.69) is 15.3 Å². The van der Waals surface area contributed by atoms with Gasteiger partial charge in [-0.3, -0.25) is 14.8 Å². The molecule has 0 aliphatic carbocycles. The third-order valence-electron chi connectivity index (χ3n) is 6.39. The second-order valence-corrected chi connectivity index (χ2v) is 10.9. The highest BCUT2D eigenvalue weighted by Gasteiger charge is 2.44. The Kier molecular flexibility index (Phi) is 7.91. The number of carbonyl (C=O) groups is 1. The van der Waals surface area contributed by atoms with Gasteiger partial charge in [-0.15, -0.1) is 0 Å². The van der Waals surface area contributed by atoms with Gasteiger partial charge in [-0.25, -0.2) is 12.8 Å². The topological polar surface area (TPSA) is 92.3 Å². The number of hydrogen-bond donors (Lipinski definition) is 1. The van der Waals surface area contributed by atoms with Crippen molar-refractivity contribution in [3.63, 3.8) is 0 Å². The van der Waals surface area contributed by atoms with Crippen molar-refractivity contribution >= 4 is 15.9 Å². The van der Waals surface area contributed by atoms with Crippen molar-refractivity contribution in [1.82, 2.24) is 19.6 Å². The predicted octanol–water partition coefficient (Wildman–Crippen LogP) is 5.18. The molecule has 0 radical (unpaired) electrons. The number of alkyl halides is 6. The van der Waals surface area contributed by atoms with Crippen molar-refractivity contribution in [1.29, 1.82) is 0 Å². The lowest BCUT2D eigenvalue weighted by Crippen LogP contribution is -2.48. The molecule has 15 heteroatoms. The highest BCUT2D eigenvalue weighted by Crippen LogP contribution is 2.35. The highest BCUT2D eigenvalue weighted by atomic mass is 32.2. The van der Waals surface area contributed by atoms with Gasteiger partial charge in [0.1, 0.15) is 17.6 Å². The summed E-state index contributed by atoms with van der Waals surface area (Å²) in [5.41, 5.74) is -2.93. The van der Waals surface area contributed by atoms with E-state index in [1.807, 2.05) is 0 Å². The molecule has 4 rings (SSSR count). The van der Waals surface area contributed by atoms with Crippen LogP contribution in [0.4, 0.5) is 30.7 Å². The molecule has 214 valence electrons. The Bertz CT molecular complexity index is 1490. The van der Waals surface area contributed by atoms with Gasteiger partial charge in [0.15, 0.2) is 0 Å². The summed E-state index contributed by atoms with van der Waals surface area (Å²) in [6.45, 7) is 0.899. The Hall–Kier alpha value is -3.59. The lowest BCUT2D eigenvalue weighted by Gasteiger charge is -2.27. The summed E-state index contributed by atoms with van der Waals surface area (Å²) in [5.74, 6) is -1.51. The predicted molar refractivity (Wildman–Crippen MR) is 127 cm³/mol. The minimum absolute atomic E-state index is 0.00971. The molecule has 0 bridgehead atoms. The number of hydrogen-bond acceptors (Lipinski definition) is 5. The van der Waals surface area contributed by atoms with Gasteiger partial charge in [0.2, 0.25) is 15.9 Å². The van der Waals surface area contributed by atoms with Gasteiger partial charge in [0.25, 0.3) is 0 Å². The van der Waals surface area contributed by atoms with Crippen LogP contribution in [0.15, 0.2) is 59.8 Å². The Morgan fingerprint density at radius 1 is 0.975 bits per heavy atom. The summed E-state index contributed by atoms with van der Waals surface area (Å²) in [6, 6.07) is 4.79. The minimum Gasteiger partial charge on any atom is -0.351 e. The molecule has 0 unspecified atom stereocenters. The quantitative estimate of drug-likeness (QED) is 0.400. The molecule has 40 heavy (non-hydrogen) atoms. The average Bonchev–Trinajstić information content (AvgIpc) is 3.28. The maximum Gasteiger partial charge on any atom is 0.433 e. The number of carbonyl (C=O) groups excluding carboxylic acids is 1. The molecule has 3 heterocycles. The SMILES string of the molecule is C[C@H]1CC[C@@H](C(=O)NCc2cc(-c3ccc(C(F)(F)F)nc3)ncc2C(F)(F)F)N1S(=O)(=O)c1ccc(F)cc1. The third-order valence-corrected chi connectivity index (χ3v) is 8.43. The number of rotatable bonds is 6. The highest BCUT2D eigenvalue weighted by molar-refractivity contribution is 7.89. The van der Waals surface area contributed by atoms with E-state index in [9.17, 15) is 43.9 Å². The summed E-state index contributed by atoms with van der Waals surface area (Å²) in [6.07, 6.45) is -7.87. The largest absolute Gasteiger partial charge is 0.433 e. The molecule has 1 aliphatic heterocycles. The minimum atomic E-state index is -4.87. The Balaban J connectivity index is 1.59. The second-order valence-electron chi connectivity index (χ2n) is 9.10. The van der Waals surface area contributed by atoms with Gasteiger partial charge in [0.05, 0.1) is 16.2 Å². The van der Waals surface area contributed by atoms with E-state index >= 15 is 0 Å². The zero-order chi connectivity index (χ0) is 29.5. The van der Waals surface area contributed by atoms with Gasteiger partial charge in [-0.2, -0.15) is 30.6 Å². The fraction of sp³-hybridized carbons (Fsp3) is 0.320. The molecule has 1 N–H and O–H groups in total. The fourth-order valence-corrected chi connectivity index (χ4v) is 6.25. The fourth-order valence-electron chi connectivity index (χ4n) is 4.41. The zero-order valence-corrected chi connectivity index (χ0v) is 21.4. The van der Waals surface area contributed by atoms with E-state index in [0.717, 1.165) is 46.9 Å². The van der Waals surface area contributed by atoms with Crippen LogP contribution in [-0.2, 0) is 33.7 Å². The molecular formula is C25H21F7N4O3S. The number of halogens is 7. The first-order valence-electron chi connectivity index (χ1n) is 11.8. The van der Waals surface area contributed by atoms with Crippen molar-refractivity contribution in [2.45, 2.75) is 55.6 Å². The number of nitrogens with zero attached hydrogens (tertiary/aromatic N) is 3. The number of nitrogens with one attached hydrogen (secondary N) is 1. The first-order valence-corrected chi connectivity index (χ1v) is 13.2. The standard InChI is InChI=1S/C25H21F7N4O3S/c1-14-2-8-21(36(14)40(38,39)18-6-4-17(26)5-7-18)23(37)35-12-16-10-20(33-13-19(16)24(27,28)29)15-3-9-22(34-11-15)25(30,31)32/h3-7,9-11,13-14,21H,2,8,12H2,1H3,(H,35,37)/t14-,21-/m0/s1. The molecule has 0 saturated carbocycles. The van der Waals surface area contributed by atoms with Crippen LogP contribution < -0.4 is 5.32 Å². The van der Waals surface area contributed by atoms with Crippen LogP contribution in [-0.4, -0.2) is 40.7 Å². The summed E-state index contributed by atoms with van der Waals surface area (Å²) in [5, 5.41) is 2.35. The molecule has 1 aliphatic rings. The summed E-state index contributed by atoms with van der Waals surface area (Å²) in [4.78, 5) is 19.8. The van der Waals surface area contributed by atoms with Gasteiger partial charge in [-0.05, 0) is 67.8 Å². The number of pyridine rings is 2. The molecule has 3 aromatic rings. The van der Waals surface area contributed by atoms with E-state index in [4.69, 9.17) is 0 Å². The van der Waals surface area contributed by atoms with Crippen LogP contribution in [0.2, 0.25) is 0 Å². The van der Waals surface area contributed by atoms with Crippen molar-refractivity contribution in [3.05, 3.63) is 77.5 Å². The average molecular weight is 591 g/mol. The Morgan fingerprint density at radius 2 is 1.65 bits per heavy atom. The van der Waals surface area contributed by atoms with Crippen LogP contribution in [0.5, 0.6) is 0 Å². The molecule has 1 amide bonds. The lowest BCUT2D eigenvalue weighted by atomic mass is 10.1. The molecule has 1 aromatic carbocycles. The zero-order valence-electron chi connectivity index (χ0n) is 20.6. The molecule has 1 saturated heterocycles. The summed E-state index contributed by atoms with van der Waals surface area (Å²) < 4.78 is 120. The Morgan fingerprint density at radius 3 is 2.23 bits per heavy atom. The monoisotopic (exact) mass is 590 g/mol. The maximum atomic E-state index is 13.7. The van der Waals surface area contributed by atoms with Crippen molar-refractivity contribution in [2.24, 2.45) is 0 Å². The van der Waals surface area contributed by atoms with Crippen molar-refractivity contribution < 1.29 is 43.9 Å². The van der Waals surface area contributed by atoms with Crippen LogP contribution in [0.25, 0.3) is 11.3 Å². The first-order chi connectivity index (χ1) is 18.6. The number of amides is 1. The molecule has 1 fully saturated rings. The number of aromatic nitrogens is 2.